The molecule has 1 aliphatic rings. The molecular weight excluding hydrogens is 224 g/mol. The van der Waals surface area contributed by atoms with Gasteiger partial charge in [0.25, 0.3) is 0 Å². The summed E-state index contributed by atoms with van der Waals surface area (Å²) in [6.45, 7) is 5.12. The first kappa shape index (κ1) is 13.8. The van der Waals surface area contributed by atoms with E-state index in [-0.39, 0.29) is 6.61 Å². The van der Waals surface area contributed by atoms with Gasteiger partial charge in [0.15, 0.2) is 6.10 Å². The molecule has 6 heteroatoms. The predicted octanol–water partition coefficient (Wildman–Crippen LogP) is 1.07. The van der Waals surface area contributed by atoms with Crippen LogP contribution >= 0.6 is 0 Å². The Kier molecular flexibility index (Phi) is 5.76. The minimum Gasteiger partial charge on any atom is -0.463 e. The second kappa shape index (κ2) is 7.11. The highest BCUT2D eigenvalue weighted by atomic mass is 16.6. The molecule has 1 aliphatic heterocycles. The van der Waals surface area contributed by atoms with Gasteiger partial charge < -0.3 is 9.47 Å². The van der Waals surface area contributed by atoms with E-state index in [1.165, 1.54) is 13.3 Å². The molecule has 0 aromatic heterocycles. The van der Waals surface area contributed by atoms with Crippen LogP contribution in [-0.4, -0.2) is 42.9 Å². The minimum atomic E-state index is -0.875. The first-order valence-electron chi connectivity index (χ1n) is 6.02. The second-order valence-corrected chi connectivity index (χ2v) is 3.96. The third-order valence-corrected chi connectivity index (χ3v) is 2.51. The van der Waals surface area contributed by atoms with Crippen LogP contribution in [0, 0.1) is 0 Å². The molecule has 0 bridgehead atoms. The number of ether oxygens (including phenoxy) is 2. The Labute approximate surface area is 101 Å². The van der Waals surface area contributed by atoms with Crippen molar-refractivity contribution in [2.75, 3.05) is 19.7 Å². The molecule has 1 saturated heterocycles. The fourth-order valence-electron chi connectivity index (χ4n) is 1.63. The molecule has 0 aliphatic carbocycles. The van der Waals surface area contributed by atoms with Gasteiger partial charge in [-0.1, -0.05) is 6.42 Å². The van der Waals surface area contributed by atoms with Crippen LogP contribution in [0.25, 0.3) is 0 Å². The Balaban J connectivity index is 2.25. The second-order valence-electron chi connectivity index (χ2n) is 3.96. The van der Waals surface area contributed by atoms with Crippen molar-refractivity contribution in [3.05, 3.63) is 0 Å². The number of hydrogen-bond donors (Lipinski definition) is 1. The van der Waals surface area contributed by atoms with Crippen LogP contribution < -0.4 is 5.43 Å². The Morgan fingerprint density at radius 3 is 2.53 bits per heavy atom. The lowest BCUT2D eigenvalue weighted by Gasteiger charge is -2.26. The Morgan fingerprint density at radius 2 is 1.94 bits per heavy atom. The maximum Gasteiger partial charge on any atom is 0.422 e. The van der Waals surface area contributed by atoms with Crippen LogP contribution in [0.15, 0.2) is 0 Å². The van der Waals surface area contributed by atoms with E-state index in [1.54, 1.807) is 6.92 Å². The van der Waals surface area contributed by atoms with Gasteiger partial charge in [-0.05, 0) is 26.7 Å². The van der Waals surface area contributed by atoms with Crippen LogP contribution in [0.5, 0.6) is 0 Å². The van der Waals surface area contributed by atoms with E-state index in [9.17, 15) is 9.59 Å². The monoisotopic (exact) mass is 244 g/mol. The van der Waals surface area contributed by atoms with Crippen LogP contribution in [-0.2, 0) is 14.3 Å². The zero-order valence-electron chi connectivity index (χ0n) is 10.4. The van der Waals surface area contributed by atoms with Gasteiger partial charge in [0.05, 0.1) is 6.61 Å². The number of amides is 1. The van der Waals surface area contributed by atoms with E-state index in [0.717, 1.165) is 25.9 Å². The average Bonchev–Trinajstić information content (AvgIpc) is 2.30. The van der Waals surface area contributed by atoms with Crippen molar-refractivity contribution in [1.29, 1.82) is 0 Å². The molecule has 0 spiro atoms. The first-order chi connectivity index (χ1) is 8.13. The lowest BCUT2D eigenvalue weighted by molar-refractivity contribution is -0.152. The molecule has 1 fully saturated rings. The summed E-state index contributed by atoms with van der Waals surface area (Å²) in [4.78, 5) is 22.7. The van der Waals surface area contributed by atoms with Crippen molar-refractivity contribution in [2.24, 2.45) is 0 Å². The molecule has 1 heterocycles. The predicted molar refractivity (Wildman–Crippen MR) is 61.1 cm³/mol. The fourth-order valence-corrected chi connectivity index (χ4v) is 1.63. The van der Waals surface area contributed by atoms with Gasteiger partial charge in [-0.15, -0.1) is 0 Å². The fraction of sp³-hybridized carbons (Fsp3) is 0.818. The number of hydrazine groups is 1. The van der Waals surface area contributed by atoms with E-state index in [0.29, 0.717) is 0 Å². The summed E-state index contributed by atoms with van der Waals surface area (Å²) in [6.07, 6.45) is 1.83. The standard InChI is InChI=1S/C11H20N2O4/c1-3-16-10(14)9(2)17-11(15)12-13-7-5-4-6-8-13/h9H,3-8H2,1-2H3,(H,12,15). The molecule has 17 heavy (non-hydrogen) atoms. The molecular formula is C11H20N2O4. The highest BCUT2D eigenvalue weighted by Crippen LogP contribution is 2.06. The molecule has 1 rings (SSSR count). The number of nitrogens with zero attached hydrogens (tertiary/aromatic N) is 1. The Bertz CT molecular complexity index is 264. The average molecular weight is 244 g/mol. The lowest BCUT2D eigenvalue weighted by Crippen LogP contribution is -2.46. The van der Waals surface area contributed by atoms with Gasteiger partial charge in [-0.25, -0.2) is 14.6 Å². The zero-order valence-corrected chi connectivity index (χ0v) is 10.4. The number of esters is 1. The molecule has 98 valence electrons. The molecule has 0 saturated carbocycles. The van der Waals surface area contributed by atoms with Crippen LogP contribution in [0.3, 0.4) is 0 Å². The zero-order chi connectivity index (χ0) is 12.7. The molecule has 0 aromatic rings. The van der Waals surface area contributed by atoms with Crippen LogP contribution in [0.4, 0.5) is 4.79 Å². The third kappa shape index (κ3) is 5.04. The highest BCUT2D eigenvalue weighted by Gasteiger charge is 2.20. The van der Waals surface area contributed by atoms with E-state index < -0.39 is 18.2 Å². The quantitative estimate of drug-likeness (QED) is 0.749. The minimum absolute atomic E-state index is 0.278. The highest BCUT2D eigenvalue weighted by molar-refractivity contribution is 5.78. The van der Waals surface area contributed by atoms with E-state index in [1.807, 2.05) is 5.01 Å². The van der Waals surface area contributed by atoms with Crippen molar-refractivity contribution in [3.63, 3.8) is 0 Å². The van der Waals surface area contributed by atoms with E-state index in [4.69, 9.17) is 9.47 Å². The van der Waals surface area contributed by atoms with E-state index >= 15 is 0 Å². The van der Waals surface area contributed by atoms with Gasteiger partial charge >= 0.3 is 12.1 Å². The molecule has 1 N–H and O–H groups in total. The number of carbonyl (C=O) groups is 2. The lowest BCUT2D eigenvalue weighted by atomic mass is 10.2. The van der Waals surface area contributed by atoms with Crippen LogP contribution in [0.1, 0.15) is 33.1 Å². The smallest absolute Gasteiger partial charge is 0.422 e. The number of hydrogen-bond acceptors (Lipinski definition) is 5. The SMILES string of the molecule is CCOC(=O)C(C)OC(=O)NN1CCCCC1. The van der Waals surface area contributed by atoms with E-state index in [2.05, 4.69) is 5.43 Å². The van der Waals surface area contributed by atoms with Gasteiger partial charge in [0, 0.05) is 13.1 Å². The van der Waals surface area contributed by atoms with Gasteiger partial charge in [-0.3, -0.25) is 5.43 Å². The summed E-state index contributed by atoms with van der Waals surface area (Å²) < 4.78 is 9.64. The summed E-state index contributed by atoms with van der Waals surface area (Å²) in [5.41, 5.74) is 2.61. The van der Waals surface area contributed by atoms with Crippen molar-refractivity contribution in [3.8, 4) is 0 Å². The van der Waals surface area contributed by atoms with Gasteiger partial charge in [0.1, 0.15) is 0 Å². The maximum atomic E-state index is 11.4. The first-order valence-corrected chi connectivity index (χ1v) is 6.02. The van der Waals surface area contributed by atoms with Crippen LogP contribution in [0.2, 0.25) is 0 Å². The number of nitrogens with one attached hydrogen (secondary N) is 1. The molecule has 1 amide bonds. The van der Waals surface area contributed by atoms with Crippen molar-refractivity contribution in [1.82, 2.24) is 10.4 Å². The number of rotatable bonds is 4. The molecule has 1 unspecified atom stereocenters. The largest absolute Gasteiger partial charge is 0.463 e. The third-order valence-electron chi connectivity index (χ3n) is 2.51. The van der Waals surface area contributed by atoms with Crippen molar-refractivity contribution in [2.45, 2.75) is 39.2 Å². The molecule has 6 nitrogen and oxygen atoms in total. The molecule has 0 radical (unpaired) electrons. The number of piperidine rings is 1. The van der Waals surface area contributed by atoms with Crippen molar-refractivity contribution < 1.29 is 19.1 Å². The topological polar surface area (TPSA) is 67.9 Å². The summed E-state index contributed by atoms with van der Waals surface area (Å²) in [6, 6.07) is 0. The normalized spacial score (nSPS) is 18.2. The molecule has 0 aromatic carbocycles. The Morgan fingerprint density at radius 1 is 1.29 bits per heavy atom. The summed E-state index contributed by atoms with van der Waals surface area (Å²) >= 11 is 0. The Hall–Kier alpha value is -1.30. The maximum absolute atomic E-state index is 11.4. The van der Waals surface area contributed by atoms with Gasteiger partial charge in [-0.2, -0.15) is 0 Å². The summed E-state index contributed by atoms with van der Waals surface area (Å²) in [5, 5.41) is 1.81. The van der Waals surface area contributed by atoms with Crippen molar-refractivity contribution >= 4 is 12.1 Å². The summed E-state index contributed by atoms with van der Waals surface area (Å²) in [5.74, 6) is -0.527. The van der Waals surface area contributed by atoms with Gasteiger partial charge in [0.2, 0.25) is 0 Å². The molecule has 1 atom stereocenters. The number of carbonyl (C=O) groups excluding carboxylic acids is 2. The summed E-state index contributed by atoms with van der Waals surface area (Å²) in [7, 11) is 0.